The van der Waals surface area contributed by atoms with Crippen LogP contribution in [0.5, 0.6) is 5.75 Å². The number of carbonyl (C=O) groups excluding carboxylic acids is 2. The average Bonchev–Trinajstić information content (AvgIpc) is 2.85. The summed E-state index contributed by atoms with van der Waals surface area (Å²) in [4.78, 5) is 24.1. The third-order valence-corrected chi connectivity index (χ3v) is 4.31. The summed E-state index contributed by atoms with van der Waals surface area (Å²) in [6.45, 7) is 7.46. The van der Waals surface area contributed by atoms with Crippen LogP contribution in [-0.4, -0.2) is 29.5 Å². The van der Waals surface area contributed by atoms with E-state index in [9.17, 15) is 9.59 Å². The topological polar surface area (TPSA) is 57.5 Å². The Bertz CT molecular complexity index is 780. The molecule has 0 saturated heterocycles. The molecule has 0 aliphatic carbocycles. The molecule has 1 aromatic heterocycles. The second-order valence-corrected chi connectivity index (χ2v) is 6.99. The summed E-state index contributed by atoms with van der Waals surface area (Å²) < 4.78 is 13.3. The Morgan fingerprint density at radius 1 is 1.16 bits per heavy atom. The molecule has 2 rings (SSSR count). The van der Waals surface area contributed by atoms with Crippen LogP contribution in [0.4, 0.5) is 0 Å². The molecule has 0 unspecified atom stereocenters. The lowest BCUT2D eigenvalue weighted by atomic mass is 10.1. The van der Waals surface area contributed by atoms with Gasteiger partial charge in [-0.05, 0) is 52.0 Å². The van der Waals surface area contributed by atoms with Gasteiger partial charge in [-0.25, -0.2) is 4.79 Å². The quantitative estimate of drug-likeness (QED) is 0.508. The van der Waals surface area contributed by atoms with Crippen LogP contribution in [0.2, 0.25) is 0 Å². The molecule has 0 aliphatic heterocycles. The second kappa shape index (κ2) is 8.34. The molecule has 1 aromatic carbocycles. The van der Waals surface area contributed by atoms with Crippen molar-refractivity contribution >= 4 is 27.7 Å². The number of hydrogen-bond donors (Lipinski definition) is 0. The third-order valence-electron chi connectivity index (χ3n) is 3.82. The molecule has 0 spiro atoms. The molecule has 2 aromatic rings. The van der Waals surface area contributed by atoms with Gasteiger partial charge in [-0.15, -0.1) is 0 Å². The Kier molecular flexibility index (Phi) is 6.42. The number of benzene rings is 1. The van der Waals surface area contributed by atoms with Gasteiger partial charge in [0, 0.05) is 27.5 Å². The van der Waals surface area contributed by atoms with Crippen molar-refractivity contribution in [2.45, 2.75) is 33.7 Å². The summed E-state index contributed by atoms with van der Waals surface area (Å²) in [6, 6.07) is 9.26. The van der Waals surface area contributed by atoms with E-state index >= 15 is 0 Å². The van der Waals surface area contributed by atoms with E-state index in [1.165, 1.54) is 0 Å². The summed E-state index contributed by atoms with van der Waals surface area (Å²) in [5.74, 6) is -0.236. The molecule has 6 heteroatoms. The number of ether oxygens (including phenoxy) is 2. The summed E-state index contributed by atoms with van der Waals surface area (Å²) >= 11 is 3.33. The van der Waals surface area contributed by atoms with Crippen LogP contribution in [0.25, 0.3) is 0 Å². The minimum absolute atomic E-state index is 0.212. The highest BCUT2D eigenvalue weighted by molar-refractivity contribution is 9.10. The predicted molar refractivity (Wildman–Crippen MR) is 99.2 cm³/mol. The van der Waals surface area contributed by atoms with Crippen molar-refractivity contribution in [1.82, 2.24) is 4.57 Å². The van der Waals surface area contributed by atoms with Crippen LogP contribution in [0.15, 0.2) is 34.8 Å². The SMILES string of the molecule is Cc1cc(C(=O)COC(=O)COc2cccc(Br)c2)c(C)n1C(C)C. The lowest BCUT2D eigenvalue weighted by Crippen LogP contribution is -2.20. The molecule has 134 valence electrons. The van der Waals surface area contributed by atoms with Gasteiger partial charge >= 0.3 is 5.97 Å². The minimum Gasteiger partial charge on any atom is -0.482 e. The van der Waals surface area contributed by atoms with E-state index in [1.54, 1.807) is 18.2 Å². The fourth-order valence-corrected chi connectivity index (χ4v) is 3.20. The number of aryl methyl sites for hydroxylation is 1. The first kappa shape index (κ1) is 19.2. The number of aromatic nitrogens is 1. The van der Waals surface area contributed by atoms with Crippen LogP contribution >= 0.6 is 15.9 Å². The first-order valence-corrected chi connectivity index (χ1v) is 8.84. The van der Waals surface area contributed by atoms with Gasteiger partial charge in [0.1, 0.15) is 5.75 Å². The van der Waals surface area contributed by atoms with E-state index in [1.807, 2.05) is 26.0 Å². The van der Waals surface area contributed by atoms with E-state index in [-0.39, 0.29) is 25.0 Å². The van der Waals surface area contributed by atoms with E-state index in [2.05, 4.69) is 34.3 Å². The summed E-state index contributed by atoms with van der Waals surface area (Å²) in [7, 11) is 0. The zero-order valence-corrected chi connectivity index (χ0v) is 16.4. The van der Waals surface area contributed by atoms with Gasteiger partial charge in [0.2, 0.25) is 5.78 Å². The molecule has 0 atom stereocenters. The Morgan fingerprint density at radius 2 is 1.88 bits per heavy atom. The monoisotopic (exact) mass is 407 g/mol. The van der Waals surface area contributed by atoms with E-state index < -0.39 is 5.97 Å². The number of Topliss-reactive ketones (excluding diaryl/α,β-unsaturated/α-hetero) is 1. The van der Waals surface area contributed by atoms with Crippen molar-refractivity contribution in [3.63, 3.8) is 0 Å². The zero-order valence-electron chi connectivity index (χ0n) is 14.8. The first-order chi connectivity index (χ1) is 11.8. The highest BCUT2D eigenvalue weighted by Crippen LogP contribution is 2.21. The van der Waals surface area contributed by atoms with Crippen molar-refractivity contribution < 1.29 is 19.1 Å². The molecule has 25 heavy (non-hydrogen) atoms. The maximum atomic E-state index is 12.3. The maximum absolute atomic E-state index is 12.3. The maximum Gasteiger partial charge on any atom is 0.344 e. The molecule has 0 radical (unpaired) electrons. The highest BCUT2D eigenvalue weighted by atomic mass is 79.9. The molecule has 0 saturated carbocycles. The van der Waals surface area contributed by atoms with Crippen LogP contribution < -0.4 is 4.74 Å². The Hall–Kier alpha value is -2.08. The van der Waals surface area contributed by atoms with Gasteiger partial charge in [0.25, 0.3) is 0 Å². The number of nitrogens with zero attached hydrogens (tertiary/aromatic N) is 1. The average molecular weight is 408 g/mol. The first-order valence-electron chi connectivity index (χ1n) is 8.05. The van der Waals surface area contributed by atoms with Crippen LogP contribution in [0.3, 0.4) is 0 Å². The van der Waals surface area contributed by atoms with Gasteiger partial charge in [-0.2, -0.15) is 0 Å². The fraction of sp³-hybridized carbons (Fsp3) is 0.368. The molecule has 0 amide bonds. The minimum atomic E-state index is -0.578. The van der Waals surface area contributed by atoms with Crippen molar-refractivity contribution in [2.75, 3.05) is 13.2 Å². The molecule has 1 heterocycles. The van der Waals surface area contributed by atoms with E-state index in [4.69, 9.17) is 9.47 Å². The fourth-order valence-electron chi connectivity index (χ4n) is 2.82. The second-order valence-electron chi connectivity index (χ2n) is 6.08. The number of rotatable bonds is 7. The van der Waals surface area contributed by atoms with Gasteiger partial charge in [0.05, 0.1) is 0 Å². The van der Waals surface area contributed by atoms with E-state index in [0.717, 1.165) is 15.9 Å². The van der Waals surface area contributed by atoms with Gasteiger partial charge in [0.15, 0.2) is 13.2 Å². The van der Waals surface area contributed by atoms with Crippen LogP contribution in [0, 0.1) is 13.8 Å². The molecular formula is C19H22BrNO4. The molecule has 0 N–H and O–H groups in total. The number of ketones is 1. The Morgan fingerprint density at radius 3 is 2.48 bits per heavy atom. The normalized spacial score (nSPS) is 10.8. The van der Waals surface area contributed by atoms with Crippen LogP contribution in [-0.2, 0) is 9.53 Å². The molecule has 0 bridgehead atoms. The van der Waals surface area contributed by atoms with Gasteiger partial charge in [-0.1, -0.05) is 22.0 Å². The Labute approximate surface area is 156 Å². The van der Waals surface area contributed by atoms with Crippen LogP contribution in [0.1, 0.15) is 41.6 Å². The van der Waals surface area contributed by atoms with Gasteiger partial charge in [-0.3, -0.25) is 4.79 Å². The molecule has 5 nitrogen and oxygen atoms in total. The Balaban J connectivity index is 1.89. The number of carbonyl (C=O) groups is 2. The standard InChI is InChI=1S/C19H22BrNO4/c1-12(2)21-13(3)8-17(14(21)4)18(22)10-25-19(23)11-24-16-7-5-6-15(20)9-16/h5-9,12H,10-11H2,1-4H3. The van der Waals surface area contributed by atoms with E-state index in [0.29, 0.717) is 11.3 Å². The lowest BCUT2D eigenvalue weighted by Gasteiger charge is -2.13. The molecule has 0 fully saturated rings. The number of esters is 1. The van der Waals surface area contributed by atoms with Crippen molar-refractivity contribution in [1.29, 1.82) is 0 Å². The lowest BCUT2D eigenvalue weighted by molar-refractivity contribution is -0.144. The number of hydrogen-bond acceptors (Lipinski definition) is 4. The summed E-state index contributed by atoms with van der Waals surface area (Å²) in [6.07, 6.45) is 0. The predicted octanol–water partition coefficient (Wildman–Crippen LogP) is 4.25. The largest absolute Gasteiger partial charge is 0.482 e. The smallest absolute Gasteiger partial charge is 0.344 e. The summed E-state index contributed by atoms with van der Waals surface area (Å²) in [5, 5.41) is 0. The van der Waals surface area contributed by atoms with Gasteiger partial charge < -0.3 is 14.0 Å². The zero-order chi connectivity index (χ0) is 18.6. The molecule has 0 aliphatic rings. The van der Waals surface area contributed by atoms with Crippen molar-refractivity contribution in [3.8, 4) is 5.75 Å². The van der Waals surface area contributed by atoms with Crippen molar-refractivity contribution in [2.24, 2.45) is 0 Å². The molecular weight excluding hydrogens is 386 g/mol. The third kappa shape index (κ3) is 4.95. The van der Waals surface area contributed by atoms with Crippen molar-refractivity contribution in [3.05, 3.63) is 51.8 Å². The number of halogens is 1. The summed E-state index contributed by atoms with van der Waals surface area (Å²) in [5.41, 5.74) is 2.49. The highest BCUT2D eigenvalue weighted by Gasteiger charge is 2.18.